The van der Waals surface area contributed by atoms with Crippen LogP contribution in [0.5, 0.6) is 0 Å². The molecule has 0 fully saturated rings. The van der Waals surface area contributed by atoms with Crippen molar-refractivity contribution < 1.29 is 12.8 Å². The zero-order valence-corrected chi connectivity index (χ0v) is 13.1. The lowest BCUT2D eigenvalue weighted by Crippen LogP contribution is -2.05. The van der Waals surface area contributed by atoms with Gasteiger partial charge in [-0.05, 0) is 48.7 Å². The summed E-state index contributed by atoms with van der Waals surface area (Å²) < 4.78 is 36.8. The van der Waals surface area contributed by atoms with Crippen molar-refractivity contribution in [3.8, 4) is 0 Å². The number of hydrogen-bond acceptors (Lipinski definition) is 3. The highest BCUT2D eigenvalue weighted by Gasteiger charge is 2.11. The number of nitrogens with one attached hydrogen (secondary N) is 1. The van der Waals surface area contributed by atoms with Crippen LogP contribution in [0.15, 0.2) is 41.3 Å². The van der Waals surface area contributed by atoms with Crippen LogP contribution in [-0.4, -0.2) is 14.7 Å². The Kier molecular flexibility index (Phi) is 4.32. The average Bonchev–Trinajstić information content (AvgIpc) is 2.40. The summed E-state index contributed by atoms with van der Waals surface area (Å²) >= 11 is 0. The van der Waals surface area contributed by atoms with Crippen LogP contribution in [-0.2, 0) is 16.4 Å². The first kappa shape index (κ1) is 15.5. The Labute approximate surface area is 124 Å². The van der Waals surface area contributed by atoms with E-state index in [2.05, 4.69) is 5.32 Å². The maximum Gasteiger partial charge on any atom is 0.175 e. The van der Waals surface area contributed by atoms with Gasteiger partial charge in [0.05, 0.1) is 10.6 Å². The van der Waals surface area contributed by atoms with Crippen molar-refractivity contribution >= 4 is 15.5 Å². The largest absolute Gasteiger partial charge is 0.379 e. The number of halogens is 1. The third kappa shape index (κ3) is 3.61. The highest BCUT2D eigenvalue weighted by atomic mass is 32.2. The van der Waals surface area contributed by atoms with Crippen LogP contribution in [0, 0.1) is 19.7 Å². The standard InChI is InChI=1S/C16H18FNO2S/c1-11-5-4-6-13(12(11)2)10-18-16-9-14(21(3,19)20)7-8-15(16)17/h4-9,18H,10H2,1-3H3. The number of rotatable bonds is 4. The van der Waals surface area contributed by atoms with E-state index in [4.69, 9.17) is 0 Å². The van der Waals surface area contributed by atoms with Crippen molar-refractivity contribution in [3.63, 3.8) is 0 Å². The lowest BCUT2D eigenvalue weighted by Gasteiger charge is -2.12. The Balaban J connectivity index is 2.26. The van der Waals surface area contributed by atoms with E-state index in [1.807, 2.05) is 32.0 Å². The molecule has 21 heavy (non-hydrogen) atoms. The molecule has 112 valence electrons. The summed E-state index contributed by atoms with van der Waals surface area (Å²) in [5.74, 6) is -0.465. The molecule has 0 aromatic heterocycles. The molecule has 2 aromatic rings. The maximum atomic E-state index is 13.8. The normalized spacial score (nSPS) is 11.4. The molecule has 0 aliphatic rings. The van der Waals surface area contributed by atoms with Crippen LogP contribution in [0.4, 0.5) is 10.1 Å². The first-order valence-electron chi connectivity index (χ1n) is 6.57. The fourth-order valence-electron chi connectivity index (χ4n) is 2.06. The van der Waals surface area contributed by atoms with E-state index >= 15 is 0 Å². The van der Waals surface area contributed by atoms with E-state index in [9.17, 15) is 12.8 Å². The molecule has 5 heteroatoms. The van der Waals surface area contributed by atoms with Crippen LogP contribution in [0.25, 0.3) is 0 Å². The monoisotopic (exact) mass is 307 g/mol. The number of sulfone groups is 1. The van der Waals surface area contributed by atoms with E-state index in [1.165, 1.54) is 23.8 Å². The first-order chi connectivity index (χ1) is 9.79. The molecule has 0 saturated carbocycles. The quantitative estimate of drug-likeness (QED) is 0.880. The molecule has 2 aromatic carbocycles. The summed E-state index contributed by atoms with van der Waals surface area (Å²) in [5, 5.41) is 2.97. The molecule has 0 unspecified atom stereocenters. The Morgan fingerprint density at radius 3 is 2.52 bits per heavy atom. The number of benzene rings is 2. The molecule has 3 nitrogen and oxygen atoms in total. The van der Waals surface area contributed by atoms with Gasteiger partial charge in [-0.1, -0.05) is 18.2 Å². The van der Waals surface area contributed by atoms with E-state index in [-0.39, 0.29) is 10.6 Å². The fraction of sp³-hybridized carbons (Fsp3) is 0.250. The molecule has 0 bridgehead atoms. The van der Waals surface area contributed by atoms with E-state index < -0.39 is 15.7 Å². The topological polar surface area (TPSA) is 46.2 Å². The zero-order valence-electron chi connectivity index (χ0n) is 12.3. The molecule has 0 aliphatic carbocycles. The van der Waals surface area contributed by atoms with Gasteiger partial charge in [-0.3, -0.25) is 0 Å². The van der Waals surface area contributed by atoms with Gasteiger partial charge in [-0.15, -0.1) is 0 Å². The van der Waals surface area contributed by atoms with Crippen molar-refractivity contribution in [2.75, 3.05) is 11.6 Å². The fourth-order valence-corrected chi connectivity index (χ4v) is 2.71. The molecule has 0 spiro atoms. The van der Waals surface area contributed by atoms with Gasteiger partial charge >= 0.3 is 0 Å². The SMILES string of the molecule is Cc1cccc(CNc2cc(S(C)(=O)=O)ccc2F)c1C. The predicted octanol–water partition coefficient (Wildman–Crippen LogP) is 3.46. The zero-order chi connectivity index (χ0) is 15.6. The third-order valence-electron chi connectivity index (χ3n) is 3.55. The minimum atomic E-state index is -3.35. The lowest BCUT2D eigenvalue weighted by atomic mass is 10.0. The summed E-state index contributed by atoms with van der Waals surface area (Å²) in [6.07, 6.45) is 1.11. The highest BCUT2D eigenvalue weighted by Crippen LogP contribution is 2.21. The smallest absolute Gasteiger partial charge is 0.175 e. The van der Waals surface area contributed by atoms with Crippen molar-refractivity contribution in [2.24, 2.45) is 0 Å². The van der Waals surface area contributed by atoms with E-state index in [1.54, 1.807) is 0 Å². The van der Waals surface area contributed by atoms with Crippen molar-refractivity contribution in [1.82, 2.24) is 0 Å². The Hall–Kier alpha value is -1.88. The molecule has 2 rings (SSSR count). The molecule has 0 heterocycles. The van der Waals surface area contributed by atoms with Crippen LogP contribution >= 0.6 is 0 Å². The minimum absolute atomic E-state index is 0.104. The Morgan fingerprint density at radius 1 is 1.14 bits per heavy atom. The van der Waals surface area contributed by atoms with Crippen LogP contribution in [0.2, 0.25) is 0 Å². The third-order valence-corrected chi connectivity index (χ3v) is 4.66. The molecular weight excluding hydrogens is 289 g/mol. The number of hydrogen-bond donors (Lipinski definition) is 1. The molecule has 0 aliphatic heterocycles. The summed E-state index contributed by atoms with van der Waals surface area (Å²) in [7, 11) is -3.35. The first-order valence-corrected chi connectivity index (χ1v) is 8.47. The summed E-state index contributed by atoms with van der Waals surface area (Å²) in [6.45, 7) is 4.47. The van der Waals surface area contributed by atoms with Crippen LogP contribution in [0.3, 0.4) is 0 Å². The summed E-state index contributed by atoms with van der Waals surface area (Å²) in [5.41, 5.74) is 3.56. The molecule has 0 saturated heterocycles. The van der Waals surface area contributed by atoms with Crippen LogP contribution < -0.4 is 5.32 Å². The average molecular weight is 307 g/mol. The highest BCUT2D eigenvalue weighted by molar-refractivity contribution is 7.90. The van der Waals surface area contributed by atoms with Gasteiger partial charge in [-0.25, -0.2) is 12.8 Å². The lowest BCUT2D eigenvalue weighted by molar-refractivity contribution is 0.600. The number of aryl methyl sites for hydroxylation is 1. The molecule has 0 atom stereocenters. The maximum absolute atomic E-state index is 13.8. The van der Waals surface area contributed by atoms with Crippen molar-refractivity contribution in [1.29, 1.82) is 0 Å². The summed E-state index contributed by atoms with van der Waals surface area (Å²) in [4.78, 5) is 0.104. The van der Waals surface area contributed by atoms with Gasteiger partial charge < -0.3 is 5.32 Å². The van der Waals surface area contributed by atoms with Gasteiger partial charge in [0.1, 0.15) is 5.82 Å². The molecular formula is C16H18FNO2S. The second-order valence-corrected chi connectivity index (χ2v) is 7.14. The molecule has 1 N–H and O–H groups in total. The summed E-state index contributed by atoms with van der Waals surface area (Å²) in [6, 6.07) is 9.70. The van der Waals surface area contributed by atoms with Gasteiger partial charge in [0.2, 0.25) is 0 Å². The predicted molar refractivity (Wildman–Crippen MR) is 82.8 cm³/mol. The second-order valence-electron chi connectivity index (χ2n) is 5.13. The number of anilines is 1. The second kappa shape index (κ2) is 5.85. The minimum Gasteiger partial charge on any atom is -0.379 e. The van der Waals surface area contributed by atoms with Gasteiger partial charge in [-0.2, -0.15) is 0 Å². The van der Waals surface area contributed by atoms with Gasteiger partial charge in [0.15, 0.2) is 9.84 Å². The van der Waals surface area contributed by atoms with Crippen molar-refractivity contribution in [3.05, 3.63) is 58.9 Å². The Morgan fingerprint density at radius 2 is 1.86 bits per heavy atom. The Bertz CT molecular complexity index is 770. The van der Waals surface area contributed by atoms with Crippen molar-refractivity contribution in [2.45, 2.75) is 25.3 Å². The van der Waals surface area contributed by atoms with Gasteiger partial charge in [0, 0.05) is 12.8 Å². The van der Waals surface area contributed by atoms with E-state index in [0.29, 0.717) is 6.54 Å². The molecule has 0 radical (unpaired) electrons. The van der Waals surface area contributed by atoms with Crippen LogP contribution in [0.1, 0.15) is 16.7 Å². The molecule has 0 amide bonds. The van der Waals surface area contributed by atoms with E-state index in [0.717, 1.165) is 17.4 Å². The van der Waals surface area contributed by atoms with Gasteiger partial charge in [0.25, 0.3) is 0 Å².